The third-order valence-electron chi connectivity index (χ3n) is 6.39. The second-order valence-electron chi connectivity index (χ2n) is 8.71. The van der Waals surface area contributed by atoms with Crippen molar-refractivity contribution < 1.29 is 9.53 Å². The van der Waals surface area contributed by atoms with Crippen molar-refractivity contribution >= 4 is 39.2 Å². The van der Waals surface area contributed by atoms with Gasteiger partial charge in [0.15, 0.2) is 5.16 Å². The second-order valence-corrected chi connectivity index (χ2v) is 10.7. The van der Waals surface area contributed by atoms with Gasteiger partial charge in [-0.05, 0) is 56.1 Å². The van der Waals surface area contributed by atoms with Crippen LogP contribution in [0.3, 0.4) is 0 Å². The fourth-order valence-corrected chi connectivity index (χ4v) is 6.78. The lowest BCUT2D eigenvalue weighted by Gasteiger charge is -2.14. The molecule has 2 aromatic heterocycles. The van der Waals surface area contributed by atoms with Crippen molar-refractivity contribution in [3.05, 3.63) is 56.7 Å². The average molecular weight is 484 g/mol. The van der Waals surface area contributed by atoms with E-state index in [-0.39, 0.29) is 23.3 Å². The van der Waals surface area contributed by atoms with Crippen molar-refractivity contribution in [2.75, 3.05) is 18.9 Å². The molecule has 3 heterocycles. The zero-order chi connectivity index (χ0) is 22.6. The van der Waals surface area contributed by atoms with E-state index in [0.29, 0.717) is 18.2 Å². The molecule has 2 aliphatic rings. The van der Waals surface area contributed by atoms with E-state index in [0.717, 1.165) is 55.3 Å². The van der Waals surface area contributed by atoms with Gasteiger partial charge in [-0.25, -0.2) is 4.98 Å². The lowest BCUT2D eigenvalue weighted by Crippen LogP contribution is -2.33. The van der Waals surface area contributed by atoms with Crippen molar-refractivity contribution in [1.29, 1.82) is 0 Å². The summed E-state index contributed by atoms with van der Waals surface area (Å²) in [5.41, 5.74) is 2.43. The fourth-order valence-electron chi connectivity index (χ4n) is 4.63. The van der Waals surface area contributed by atoms with Crippen LogP contribution in [0.5, 0.6) is 0 Å². The topological polar surface area (TPSA) is 73.2 Å². The van der Waals surface area contributed by atoms with Crippen LogP contribution in [0.2, 0.25) is 0 Å². The predicted molar refractivity (Wildman–Crippen MR) is 133 cm³/mol. The minimum absolute atomic E-state index is 0.0394. The molecule has 1 aliphatic heterocycles. The molecule has 0 saturated carbocycles. The van der Waals surface area contributed by atoms with Gasteiger partial charge in [-0.1, -0.05) is 42.1 Å². The number of aryl methyl sites for hydroxylation is 3. The maximum Gasteiger partial charge on any atom is 0.263 e. The van der Waals surface area contributed by atoms with Crippen LogP contribution < -0.4 is 10.9 Å². The molecule has 3 aromatic rings. The Kier molecular flexibility index (Phi) is 7.13. The molecule has 0 bridgehead atoms. The molecule has 33 heavy (non-hydrogen) atoms. The SMILES string of the molecule is O=C(CSc1nc2sc3c(c2c(=O)n1CCc1ccccc1)CCCC3)NC[C@H]1CCCO1. The van der Waals surface area contributed by atoms with Crippen LogP contribution in [0.4, 0.5) is 0 Å². The van der Waals surface area contributed by atoms with E-state index in [4.69, 9.17) is 9.72 Å². The van der Waals surface area contributed by atoms with Gasteiger partial charge in [0.1, 0.15) is 4.83 Å². The molecule has 6 nitrogen and oxygen atoms in total. The number of hydrogen-bond donors (Lipinski definition) is 1. The van der Waals surface area contributed by atoms with E-state index in [1.54, 1.807) is 15.9 Å². The lowest BCUT2D eigenvalue weighted by atomic mass is 9.97. The summed E-state index contributed by atoms with van der Waals surface area (Å²) in [6.07, 6.45) is 7.22. The van der Waals surface area contributed by atoms with E-state index in [1.165, 1.54) is 34.2 Å². The zero-order valence-corrected chi connectivity index (χ0v) is 20.3. The monoisotopic (exact) mass is 483 g/mol. The molecule has 8 heteroatoms. The Hall–Kier alpha value is -2.16. The molecule has 1 aromatic carbocycles. The van der Waals surface area contributed by atoms with Gasteiger partial charge in [0.05, 0.1) is 17.2 Å². The van der Waals surface area contributed by atoms with E-state index >= 15 is 0 Å². The normalized spacial score (nSPS) is 17.9. The molecule has 1 N–H and O–H groups in total. The number of benzene rings is 1. The zero-order valence-electron chi connectivity index (χ0n) is 18.7. The summed E-state index contributed by atoms with van der Waals surface area (Å²) < 4.78 is 7.37. The summed E-state index contributed by atoms with van der Waals surface area (Å²) in [6, 6.07) is 10.2. The quantitative estimate of drug-likeness (QED) is 0.388. The van der Waals surface area contributed by atoms with Crippen molar-refractivity contribution in [3.8, 4) is 0 Å². The molecule has 174 valence electrons. The van der Waals surface area contributed by atoms with E-state index in [9.17, 15) is 9.59 Å². The molecule has 1 saturated heterocycles. The fraction of sp³-hybridized carbons (Fsp3) is 0.480. The third kappa shape index (κ3) is 5.18. The Morgan fingerprint density at radius 2 is 2.06 bits per heavy atom. The maximum absolute atomic E-state index is 13.6. The van der Waals surface area contributed by atoms with Crippen molar-refractivity contribution in [1.82, 2.24) is 14.9 Å². The molecule has 0 spiro atoms. The first kappa shape index (κ1) is 22.6. The van der Waals surface area contributed by atoms with Gasteiger partial charge in [0, 0.05) is 24.6 Å². The van der Waals surface area contributed by atoms with Gasteiger partial charge in [0.25, 0.3) is 5.56 Å². The number of carbonyl (C=O) groups excluding carboxylic acids is 1. The van der Waals surface area contributed by atoms with Gasteiger partial charge in [-0.2, -0.15) is 0 Å². The predicted octanol–water partition coefficient (Wildman–Crippen LogP) is 3.97. The largest absolute Gasteiger partial charge is 0.376 e. The summed E-state index contributed by atoms with van der Waals surface area (Å²) in [5, 5.41) is 4.40. The average Bonchev–Trinajstić information content (AvgIpc) is 3.49. The Bertz CT molecular complexity index is 1180. The van der Waals surface area contributed by atoms with Gasteiger partial charge in [-0.15, -0.1) is 11.3 Å². The van der Waals surface area contributed by atoms with Crippen LogP contribution in [0.25, 0.3) is 10.2 Å². The van der Waals surface area contributed by atoms with Gasteiger partial charge in [-0.3, -0.25) is 14.2 Å². The Balaban J connectivity index is 1.38. The highest BCUT2D eigenvalue weighted by molar-refractivity contribution is 7.99. The first-order valence-electron chi connectivity index (χ1n) is 11.8. The summed E-state index contributed by atoms with van der Waals surface area (Å²) in [4.78, 5) is 33.2. The van der Waals surface area contributed by atoms with Crippen LogP contribution in [-0.2, 0) is 35.3 Å². The molecular weight excluding hydrogens is 454 g/mol. The standard InChI is InChI=1S/C25H29N3O3S2/c29-21(26-15-18-9-6-14-31-18)16-32-25-27-23-22(19-10-4-5-11-20(19)33-23)24(30)28(25)13-12-17-7-2-1-3-8-17/h1-3,7-8,18H,4-6,9-16H2,(H,26,29)/t18-/m1/s1. The number of nitrogens with zero attached hydrogens (tertiary/aromatic N) is 2. The Labute approximate surface area is 201 Å². The van der Waals surface area contributed by atoms with Gasteiger partial charge in [0.2, 0.25) is 5.91 Å². The first-order valence-corrected chi connectivity index (χ1v) is 13.6. The van der Waals surface area contributed by atoms with Crippen LogP contribution in [0.1, 0.15) is 41.7 Å². The summed E-state index contributed by atoms with van der Waals surface area (Å²) in [6.45, 7) is 1.87. The number of thioether (sulfide) groups is 1. The van der Waals surface area contributed by atoms with Crippen LogP contribution in [-0.4, -0.2) is 40.5 Å². The number of carbonyl (C=O) groups is 1. The Morgan fingerprint density at radius 1 is 1.21 bits per heavy atom. The number of nitrogens with one attached hydrogen (secondary N) is 1. The van der Waals surface area contributed by atoms with Crippen molar-refractivity contribution in [2.24, 2.45) is 0 Å². The lowest BCUT2D eigenvalue weighted by molar-refractivity contribution is -0.119. The molecule has 0 radical (unpaired) electrons. The Morgan fingerprint density at radius 3 is 2.88 bits per heavy atom. The van der Waals surface area contributed by atoms with Crippen molar-refractivity contribution in [3.63, 3.8) is 0 Å². The minimum Gasteiger partial charge on any atom is -0.376 e. The first-order chi connectivity index (χ1) is 16.2. The smallest absolute Gasteiger partial charge is 0.263 e. The number of ether oxygens (including phenoxy) is 1. The number of aromatic nitrogens is 2. The number of thiophene rings is 1. The molecule has 1 atom stereocenters. The highest BCUT2D eigenvalue weighted by Crippen LogP contribution is 2.34. The molecule has 5 rings (SSSR count). The van der Waals surface area contributed by atoms with Gasteiger partial charge < -0.3 is 10.1 Å². The summed E-state index contributed by atoms with van der Waals surface area (Å²) in [5.74, 6) is 0.186. The molecule has 1 amide bonds. The second kappa shape index (κ2) is 10.4. The third-order valence-corrected chi connectivity index (χ3v) is 8.55. The van der Waals surface area contributed by atoms with Gasteiger partial charge >= 0.3 is 0 Å². The highest BCUT2D eigenvalue weighted by Gasteiger charge is 2.23. The van der Waals surface area contributed by atoms with E-state index in [1.807, 2.05) is 18.2 Å². The van der Waals surface area contributed by atoms with E-state index < -0.39 is 0 Å². The number of amides is 1. The number of hydrogen-bond acceptors (Lipinski definition) is 6. The molecular formula is C25H29N3O3S2. The van der Waals surface area contributed by atoms with E-state index in [2.05, 4.69) is 17.4 Å². The molecule has 0 unspecified atom stereocenters. The van der Waals surface area contributed by atoms with Crippen molar-refractivity contribution in [2.45, 2.75) is 62.8 Å². The van der Waals surface area contributed by atoms with Crippen LogP contribution in [0, 0.1) is 0 Å². The van der Waals surface area contributed by atoms with Crippen LogP contribution in [0.15, 0.2) is 40.3 Å². The minimum atomic E-state index is -0.0510. The van der Waals surface area contributed by atoms with Crippen LogP contribution >= 0.6 is 23.1 Å². The maximum atomic E-state index is 13.6. The summed E-state index contributed by atoms with van der Waals surface area (Å²) >= 11 is 3.01. The highest BCUT2D eigenvalue weighted by atomic mass is 32.2. The summed E-state index contributed by atoms with van der Waals surface area (Å²) in [7, 11) is 0. The number of rotatable bonds is 8. The molecule has 1 fully saturated rings. The number of fused-ring (bicyclic) bond motifs is 3. The molecule has 1 aliphatic carbocycles.